The number of rotatable bonds is 4. The first-order valence-corrected chi connectivity index (χ1v) is 5.74. The minimum Gasteiger partial charge on any atom is -0.476 e. The average Bonchev–Trinajstić information content (AvgIpc) is 2.89. The number of carboxylic acids is 1. The summed E-state index contributed by atoms with van der Waals surface area (Å²) in [7, 11) is 1.79. The van der Waals surface area contributed by atoms with Crippen LogP contribution in [0.1, 0.15) is 28.8 Å². The van der Waals surface area contributed by atoms with Gasteiger partial charge in [0.15, 0.2) is 5.69 Å². The van der Waals surface area contributed by atoms with Crippen LogP contribution in [0.4, 0.5) is 0 Å². The van der Waals surface area contributed by atoms with Gasteiger partial charge < -0.3 is 5.11 Å². The molecule has 96 valence electrons. The molecule has 0 aliphatic heterocycles. The van der Waals surface area contributed by atoms with Crippen molar-refractivity contribution in [3.05, 3.63) is 28.3 Å². The fourth-order valence-corrected chi connectivity index (χ4v) is 1.97. The van der Waals surface area contributed by atoms with Gasteiger partial charge in [-0.15, -0.1) is 5.10 Å². The Morgan fingerprint density at radius 1 is 1.56 bits per heavy atom. The Hall–Kier alpha value is -1.89. The van der Waals surface area contributed by atoms with E-state index >= 15 is 0 Å². The molecular formula is C10H12ClN5O2. The second-order valence-corrected chi connectivity index (χ2v) is 4.17. The van der Waals surface area contributed by atoms with Crippen molar-refractivity contribution >= 4 is 17.6 Å². The summed E-state index contributed by atoms with van der Waals surface area (Å²) in [6.45, 7) is 2.30. The number of nitrogens with zero attached hydrogens (tertiary/aromatic N) is 5. The Kier molecular flexibility index (Phi) is 3.33. The van der Waals surface area contributed by atoms with Crippen LogP contribution >= 0.6 is 11.6 Å². The van der Waals surface area contributed by atoms with Gasteiger partial charge in [-0.1, -0.05) is 23.7 Å². The molecule has 2 aromatic rings. The topological polar surface area (TPSA) is 85.8 Å². The van der Waals surface area contributed by atoms with Crippen LogP contribution in [0.15, 0.2) is 6.20 Å². The number of aromatic carboxylic acids is 1. The lowest BCUT2D eigenvalue weighted by Gasteiger charge is -2.01. The van der Waals surface area contributed by atoms with Gasteiger partial charge in [0.25, 0.3) is 0 Å². The highest BCUT2D eigenvalue weighted by Crippen LogP contribution is 2.21. The Bertz CT molecular complexity index is 589. The van der Waals surface area contributed by atoms with Gasteiger partial charge in [0.05, 0.1) is 29.2 Å². The van der Waals surface area contributed by atoms with E-state index in [4.69, 9.17) is 16.7 Å². The van der Waals surface area contributed by atoms with Crippen LogP contribution < -0.4 is 0 Å². The summed E-state index contributed by atoms with van der Waals surface area (Å²) < 4.78 is 3.09. The molecule has 0 amide bonds. The molecule has 0 saturated heterocycles. The molecule has 0 aliphatic carbocycles. The minimum atomic E-state index is -1.10. The molecule has 0 radical (unpaired) electrons. The fourth-order valence-electron chi connectivity index (χ4n) is 1.62. The van der Waals surface area contributed by atoms with Gasteiger partial charge in [0.1, 0.15) is 0 Å². The van der Waals surface area contributed by atoms with Gasteiger partial charge >= 0.3 is 5.97 Å². The Balaban J connectivity index is 2.28. The molecular weight excluding hydrogens is 258 g/mol. The SMILES string of the molecule is CCc1nn(C)c(Cn2cc(C(=O)O)nn2)c1Cl. The fraction of sp³-hybridized carbons (Fsp3) is 0.400. The molecule has 0 unspecified atom stereocenters. The molecule has 2 heterocycles. The van der Waals surface area contributed by atoms with Crippen molar-refractivity contribution in [1.29, 1.82) is 0 Å². The van der Waals surface area contributed by atoms with E-state index in [0.717, 1.165) is 17.8 Å². The van der Waals surface area contributed by atoms with Crippen LogP contribution in [0, 0.1) is 0 Å². The zero-order valence-electron chi connectivity index (χ0n) is 9.96. The third-order valence-electron chi connectivity index (χ3n) is 2.57. The summed E-state index contributed by atoms with van der Waals surface area (Å²) >= 11 is 6.19. The lowest BCUT2D eigenvalue weighted by atomic mass is 10.3. The van der Waals surface area contributed by atoms with E-state index in [-0.39, 0.29) is 5.69 Å². The highest BCUT2D eigenvalue weighted by molar-refractivity contribution is 6.31. The summed E-state index contributed by atoms with van der Waals surface area (Å²) in [6, 6.07) is 0. The van der Waals surface area contributed by atoms with Crippen LogP contribution in [0.2, 0.25) is 5.02 Å². The molecule has 1 N–H and O–H groups in total. The Morgan fingerprint density at radius 3 is 2.78 bits per heavy atom. The van der Waals surface area contributed by atoms with Crippen molar-refractivity contribution in [3.63, 3.8) is 0 Å². The van der Waals surface area contributed by atoms with E-state index in [2.05, 4.69) is 15.4 Å². The van der Waals surface area contributed by atoms with Crippen LogP contribution in [0.5, 0.6) is 0 Å². The van der Waals surface area contributed by atoms with Crippen molar-refractivity contribution in [2.75, 3.05) is 0 Å². The number of carboxylic acid groups (broad SMARTS) is 1. The van der Waals surface area contributed by atoms with Crippen LogP contribution in [-0.4, -0.2) is 35.9 Å². The minimum absolute atomic E-state index is 0.0935. The number of hydrogen-bond donors (Lipinski definition) is 1. The van der Waals surface area contributed by atoms with E-state index in [1.165, 1.54) is 10.9 Å². The normalized spacial score (nSPS) is 10.8. The maximum atomic E-state index is 10.7. The lowest BCUT2D eigenvalue weighted by molar-refractivity contribution is 0.0690. The predicted octanol–water partition coefficient (Wildman–Crippen LogP) is 0.974. The summed E-state index contributed by atoms with van der Waals surface area (Å²) in [4.78, 5) is 10.7. The van der Waals surface area contributed by atoms with Crippen LogP contribution in [0.3, 0.4) is 0 Å². The van der Waals surface area contributed by atoms with Gasteiger partial charge in [0.2, 0.25) is 0 Å². The molecule has 0 fully saturated rings. The molecule has 7 nitrogen and oxygen atoms in total. The van der Waals surface area contributed by atoms with Crippen LogP contribution in [-0.2, 0) is 20.0 Å². The van der Waals surface area contributed by atoms with E-state index in [9.17, 15) is 4.79 Å². The van der Waals surface area contributed by atoms with E-state index in [1.807, 2.05) is 6.92 Å². The number of carbonyl (C=O) groups is 1. The number of aryl methyl sites for hydroxylation is 2. The molecule has 0 aromatic carbocycles. The maximum Gasteiger partial charge on any atom is 0.358 e. The van der Waals surface area contributed by atoms with E-state index in [0.29, 0.717) is 11.6 Å². The third kappa shape index (κ3) is 2.21. The summed E-state index contributed by atoms with van der Waals surface area (Å²) in [6.07, 6.45) is 2.10. The smallest absolute Gasteiger partial charge is 0.358 e. The maximum absolute atomic E-state index is 10.7. The van der Waals surface area contributed by atoms with Gasteiger partial charge in [-0.05, 0) is 6.42 Å². The number of halogens is 1. The molecule has 2 rings (SSSR count). The van der Waals surface area contributed by atoms with Gasteiger partial charge in [0, 0.05) is 7.05 Å². The zero-order chi connectivity index (χ0) is 13.3. The lowest BCUT2D eigenvalue weighted by Crippen LogP contribution is -2.06. The van der Waals surface area contributed by atoms with Gasteiger partial charge in [-0.2, -0.15) is 5.10 Å². The molecule has 18 heavy (non-hydrogen) atoms. The monoisotopic (exact) mass is 269 g/mol. The van der Waals surface area contributed by atoms with Gasteiger partial charge in [-0.3, -0.25) is 4.68 Å². The molecule has 2 aromatic heterocycles. The Morgan fingerprint density at radius 2 is 2.28 bits per heavy atom. The molecule has 0 bridgehead atoms. The average molecular weight is 270 g/mol. The first kappa shape index (κ1) is 12.6. The third-order valence-corrected chi connectivity index (χ3v) is 3.01. The highest BCUT2D eigenvalue weighted by Gasteiger charge is 2.15. The molecule has 0 saturated carbocycles. The zero-order valence-corrected chi connectivity index (χ0v) is 10.7. The van der Waals surface area contributed by atoms with Crippen molar-refractivity contribution in [1.82, 2.24) is 24.8 Å². The number of hydrogen-bond acceptors (Lipinski definition) is 4. The number of aromatic nitrogens is 5. The molecule has 0 aliphatic rings. The summed E-state index contributed by atoms with van der Waals surface area (Å²) in [5, 5.41) is 20.9. The van der Waals surface area contributed by atoms with Crippen molar-refractivity contribution in [3.8, 4) is 0 Å². The Labute approximate surface area is 108 Å². The van der Waals surface area contributed by atoms with E-state index < -0.39 is 5.97 Å². The van der Waals surface area contributed by atoms with Crippen molar-refractivity contribution < 1.29 is 9.90 Å². The predicted molar refractivity (Wildman–Crippen MR) is 63.7 cm³/mol. The molecule has 8 heteroatoms. The standard InChI is InChI=1S/C10H12ClN5O2/c1-3-6-9(11)8(15(2)13-6)5-16-4-7(10(17)18)12-14-16/h4H,3,5H2,1-2H3,(H,17,18). The second kappa shape index (κ2) is 4.77. The largest absolute Gasteiger partial charge is 0.476 e. The second-order valence-electron chi connectivity index (χ2n) is 3.79. The first-order chi connectivity index (χ1) is 8.52. The highest BCUT2D eigenvalue weighted by atomic mass is 35.5. The van der Waals surface area contributed by atoms with Gasteiger partial charge in [-0.25, -0.2) is 9.48 Å². The van der Waals surface area contributed by atoms with Crippen molar-refractivity contribution in [2.45, 2.75) is 19.9 Å². The molecule has 0 atom stereocenters. The van der Waals surface area contributed by atoms with Crippen LogP contribution in [0.25, 0.3) is 0 Å². The quantitative estimate of drug-likeness (QED) is 0.894. The first-order valence-electron chi connectivity index (χ1n) is 5.36. The molecule has 0 spiro atoms. The summed E-state index contributed by atoms with van der Waals surface area (Å²) in [5.74, 6) is -1.10. The summed E-state index contributed by atoms with van der Waals surface area (Å²) in [5.41, 5.74) is 1.49. The van der Waals surface area contributed by atoms with E-state index in [1.54, 1.807) is 11.7 Å². The van der Waals surface area contributed by atoms with Crippen molar-refractivity contribution in [2.24, 2.45) is 7.05 Å².